The van der Waals surface area contributed by atoms with Crippen molar-refractivity contribution in [2.24, 2.45) is 10.9 Å². The Hall–Kier alpha value is 0.310. The minimum atomic E-state index is 0. The van der Waals surface area contributed by atoms with Gasteiger partial charge in [0.25, 0.3) is 0 Å². The van der Waals surface area contributed by atoms with Crippen molar-refractivity contribution < 1.29 is 0 Å². The molecule has 130 valence electrons. The Morgan fingerprint density at radius 3 is 2.55 bits per heavy atom. The van der Waals surface area contributed by atoms with E-state index in [0.29, 0.717) is 4.75 Å². The number of nitrogens with zero attached hydrogens (tertiary/aromatic N) is 3. The first kappa shape index (κ1) is 20.4. The fraction of sp³-hybridized carbons (Fsp3) is 0.938. The molecule has 0 spiro atoms. The predicted molar refractivity (Wildman–Crippen MR) is 110 cm³/mol. The summed E-state index contributed by atoms with van der Waals surface area (Å²) in [5, 5.41) is 3.56. The van der Waals surface area contributed by atoms with Crippen molar-refractivity contribution in [2.45, 2.75) is 38.4 Å². The molecule has 2 rings (SSSR count). The van der Waals surface area contributed by atoms with Gasteiger partial charge < -0.3 is 15.1 Å². The van der Waals surface area contributed by atoms with Crippen LogP contribution in [0.3, 0.4) is 0 Å². The van der Waals surface area contributed by atoms with Gasteiger partial charge in [-0.15, -0.1) is 24.0 Å². The van der Waals surface area contributed by atoms with Crippen LogP contribution in [0, 0.1) is 5.92 Å². The van der Waals surface area contributed by atoms with Gasteiger partial charge in [-0.1, -0.05) is 6.92 Å². The van der Waals surface area contributed by atoms with Crippen molar-refractivity contribution in [2.75, 3.05) is 52.1 Å². The van der Waals surface area contributed by atoms with E-state index in [1.807, 2.05) is 7.05 Å². The third-order valence-corrected chi connectivity index (χ3v) is 5.82. The second-order valence-electron chi connectivity index (χ2n) is 7.03. The van der Waals surface area contributed by atoms with Crippen LogP contribution >= 0.6 is 35.7 Å². The summed E-state index contributed by atoms with van der Waals surface area (Å²) in [4.78, 5) is 9.47. The molecule has 4 nitrogen and oxygen atoms in total. The minimum absolute atomic E-state index is 0. The summed E-state index contributed by atoms with van der Waals surface area (Å²) >= 11 is 2.07. The van der Waals surface area contributed by atoms with Crippen LogP contribution in [0.15, 0.2) is 4.99 Å². The SMILES string of the molecule is CN=C(NCCN1CCC(C)CC1)N1CCSC(C)(C)C1.I. The molecule has 0 saturated carbocycles. The third-order valence-electron chi connectivity index (χ3n) is 4.52. The van der Waals surface area contributed by atoms with E-state index in [1.165, 1.54) is 31.7 Å². The molecule has 0 radical (unpaired) electrons. The summed E-state index contributed by atoms with van der Waals surface area (Å²) < 4.78 is 0.332. The lowest BCUT2D eigenvalue weighted by atomic mass is 9.99. The maximum Gasteiger partial charge on any atom is 0.193 e. The van der Waals surface area contributed by atoms with E-state index in [-0.39, 0.29) is 24.0 Å². The number of guanidine groups is 1. The van der Waals surface area contributed by atoms with E-state index < -0.39 is 0 Å². The fourth-order valence-corrected chi connectivity index (χ4v) is 4.25. The molecule has 2 aliphatic heterocycles. The largest absolute Gasteiger partial charge is 0.355 e. The molecular formula is C16H33IN4S. The van der Waals surface area contributed by atoms with Crippen molar-refractivity contribution in [1.82, 2.24) is 15.1 Å². The highest BCUT2D eigenvalue weighted by Gasteiger charge is 2.28. The Labute approximate surface area is 157 Å². The number of thioether (sulfide) groups is 1. The van der Waals surface area contributed by atoms with Gasteiger partial charge in [0, 0.05) is 43.7 Å². The van der Waals surface area contributed by atoms with E-state index in [0.717, 1.165) is 38.1 Å². The molecule has 0 amide bonds. The summed E-state index contributed by atoms with van der Waals surface area (Å²) in [5.74, 6) is 3.18. The van der Waals surface area contributed by atoms with Crippen molar-refractivity contribution >= 4 is 41.7 Å². The van der Waals surface area contributed by atoms with Gasteiger partial charge in [0.1, 0.15) is 0 Å². The molecule has 0 aliphatic carbocycles. The number of halogens is 1. The second kappa shape index (κ2) is 9.57. The van der Waals surface area contributed by atoms with Crippen LogP contribution in [-0.2, 0) is 0 Å². The van der Waals surface area contributed by atoms with Gasteiger partial charge in [0.2, 0.25) is 0 Å². The van der Waals surface area contributed by atoms with Crippen LogP contribution in [0.5, 0.6) is 0 Å². The van der Waals surface area contributed by atoms with Crippen molar-refractivity contribution in [1.29, 1.82) is 0 Å². The highest BCUT2D eigenvalue weighted by molar-refractivity contribution is 14.0. The van der Waals surface area contributed by atoms with Crippen LogP contribution in [0.2, 0.25) is 0 Å². The van der Waals surface area contributed by atoms with E-state index >= 15 is 0 Å². The molecule has 6 heteroatoms. The molecule has 1 N–H and O–H groups in total. The molecule has 0 bridgehead atoms. The predicted octanol–water partition coefficient (Wildman–Crippen LogP) is 2.74. The van der Waals surface area contributed by atoms with Crippen molar-refractivity contribution in [3.8, 4) is 0 Å². The molecule has 2 aliphatic rings. The zero-order valence-electron chi connectivity index (χ0n) is 14.6. The molecule has 0 aromatic heterocycles. The van der Waals surface area contributed by atoms with Gasteiger partial charge in [0.15, 0.2) is 5.96 Å². The molecule has 2 saturated heterocycles. The topological polar surface area (TPSA) is 30.9 Å². The molecule has 0 atom stereocenters. The van der Waals surface area contributed by atoms with Crippen LogP contribution in [0.1, 0.15) is 33.6 Å². The second-order valence-corrected chi connectivity index (χ2v) is 8.83. The minimum Gasteiger partial charge on any atom is -0.355 e. The van der Waals surface area contributed by atoms with E-state index in [4.69, 9.17) is 0 Å². The lowest BCUT2D eigenvalue weighted by Crippen LogP contribution is -2.52. The van der Waals surface area contributed by atoms with Gasteiger partial charge in [0.05, 0.1) is 0 Å². The van der Waals surface area contributed by atoms with Crippen LogP contribution in [0.25, 0.3) is 0 Å². The number of hydrogen-bond acceptors (Lipinski definition) is 3. The molecule has 0 aromatic rings. The van der Waals surface area contributed by atoms with Gasteiger partial charge in [-0.2, -0.15) is 11.8 Å². The number of hydrogen-bond donors (Lipinski definition) is 1. The van der Waals surface area contributed by atoms with Gasteiger partial charge in [-0.05, 0) is 45.7 Å². The summed E-state index contributed by atoms with van der Waals surface area (Å²) in [6.07, 6.45) is 2.71. The normalized spacial score (nSPS) is 24.0. The number of rotatable bonds is 3. The smallest absolute Gasteiger partial charge is 0.193 e. The average Bonchev–Trinajstić information content (AvgIpc) is 2.44. The van der Waals surface area contributed by atoms with Gasteiger partial charge in [-0.25, -0.2) is 0 Å². The molecule has 0 unspecified atom stereocenters. The van der Waals surface area contributed by atoms with E-state index in [2.05, 4.69) is 52.6 Å². The zero-order chi connectivity index (χ0) is 15.3. The quantitative estimate of drug-likeness (QED) is 0.416. The van der Waals surface area contributed by atoms with Crippen LogP contribution < -0.4 is 5.32 Å². The number of likely N-dealkylation sites (tertiary alicyclic amines) is 1. The van der Waals surface area contributed by atoms with E-state index in [9.17, 15) is 0 Å². The molecule has 22 heavy (non-hydrogen) atoms. The molecule has 2 heterocycles. The lowest BCUT2D eigenvalue weighted by molar-refractivity contribution is 0.194. The van der Waals surface area contributed by atoms with Crippen molar-refractivity contribution in [3.05, 3.63) is 0 Å². The fourth-order valence-electron chi connectivity index (χ4n) is 3.14. The summed E-state index contributed by atoms with van der Waals surface area (Å²) in [5.41, 5.74) is 0. The Kier molecular flexibility index (Phi) is 8.85. The zero-order valence-corrected chi connectivity index (χ0v) is 17.7. The number of nitrogens with one attached hydrogen (secondary N) is 1. The first-order chi connectivity index (χ1) is 10.00. The van der Waals surface area contributed by atoms with Crippen LogP contribution in [0.4, 0.5) is 0 Å². The maximum atomic E-state index is 4.48. The van der Waals surface area contributed by atoms with Crippen LogP contribution in [-0.4, -0.2) is 72.6 Å². The van der Waals surface area contributed by atoms with Gasteiger partial charge >= 0.3 is 0 Å². The average molecular weight is 440 g/mol. The Morgan fingerprint density at radius 1 is 1.27 bits per heavy atom. The monoisotopic (exact) mass is 440 g/mol. The number of piperidine rings is 1. The molecule has 2 fully saturated rings. The summed E-state index contributed by atoms with van der Waals surface area (Å²) in [6.45, 7) is 13.9. The Balaban J connectivity index is 0.00000242. The first-order valence-corrected chi connectivity index (χ1v) is 9.30. The standard InChI is InChI=1S/C16H32N4S.HI/c1-14-5-8-19(9-6-14)10-7-18-15(17-4)20-11-12-21-16(2,3)13-20;/h14H,5-13H2,1-4H3,(H,17,18);1H. The Bertz CT molecular complexity index is 354. The first-order valence-electron chi connectivity index (χ1n) is 8.32. The Morgan fingerprint density at radius 2 is 1.95 bits per heavy atom. The van der Waals surface area contributed by atoms with E-state index in [1.54, 1.807) is 0 Å². The summed E-state index contributed by atoms with van der Waals surface area (Å²) in [6, 6.07) is 0. The highest BCUT2D eigenvalue weighted by Crippen LogP contribution is 2.29. The maximum absolute atomic E-state index is 4.48. The third kappa shape index (κ3) is 6.43. The molecular weight excluding hydrogens is 407 g/mol. The lowest BCUT2D eigenvalue weighted by Gasteiger charge is -2.39. The summed E-state index contributed by atoms with van der Waals surface area (Å²) in [7, 11) is 1.90. The van der Waals surface area contributed by atoms with Gasteiger partial charge in [-0.3, -0.25) is 4.99 Å². The highest BCUT2D eigenvalue weighted by atomic mass is 127. The number of aliphatic imine (C=N–C) groups is 1. The van der Waals surface area contributed by atoms with Crippen molar-refractivity contribution in [3.63, 3.8) is 0 Å². The molecule has 0 aromatic carbocycles.